The van der Waals surface area contributed by atoms with Gasteiger partial charge in [0.1, 0.15) is 0 Å². The molecule has 0 saturated carbocycles. The molecule has 28 heavy (non-hydrogen) atoms. The van der Waals surface area contributed by atoms with Crippen LogP contribution in [0.2, 0.25) is 5.02 Å². The Balaban J connectivity index is 1.60. The molecule has 7 heteroatoms. The van der Waals surface area contributed by atoms with Crippen LogP contribution in [-0.4, -0.2) is 31.7 Å². The van der Waals surface area contributed by atoms with Crippen molar-refractivity contribution in [2.24, 2.45) is 0 Å². The maximum atomic E-state index is 12.9. The van der Waals surface area contributed by atoms with Gasteiger partial charge in [0, 0.05) is 13.1 Å². The Morgan fingerprint density at radius 2 is 1.82 bits per heavy atom. The van der Waals surface area contributed by atoms with Crippen LogP contribution in [0.25, 0.3) is 0 Å². The molecular weight excluding hydrogens is 396 g/mol. The van der Waals surface area contributed by atoms with E-state index in [9.17, 15) is 13.2 Å². The molecule has 5 nitrogen and oxygen atoms in total. The second-order valence-electron chi connectivity index (χ2n) is 7.37. The largest absolute Gasteiger partial charge is 0.345 e. The van der Waals surface area contributed by atoms with Gasteiger partial charge in [-0.05, 0) is 61.4 Å². The zero-order valence-corrected chi connectivity index (χ0v) is 17.1. The normalized spacial score (nSPS) is 20.0. The molecular formula is C21H23ClN2O3S. The topological polar surface area (TPSA) is 66.5 Å². The average molecular weight is 419 g/mol. The van der Waals surface area contributed by atoms with Crippen LogP contribution < -0.4 is 5.32 Å². The van der Waals surface area contributed by atoms with Gasteiger partial charge < -0.3 is 5.32 Å². The molecule has 1 N–H and O–H groups in total. The molecule has 1 atom stereocenters. The van der Waals surface area contributed by atoms with E-state index < -0.39 is 10.0 Å². The molecule has 1 aliphatic heterocycles. The number of carbonyl (C=O) groups excluding carboxylic acids is 1. The summed E-state index contributed by atoms with van der Waals surface area (Å²) in [5.41, 5.74) is 2.57. The standard InChI is InChI=1S/C21H23ClN2O3S/c22-19-11-10-16(28(26,27)24-12-3-4-13-24)14-18(19)21(25)23-20-9-5-7-15-6-1-2-8-17(15)20/h1-2,6,8,10-11,14,20H,3-5,7,9,12-13H2,(H,23,25)/t20-/m0/s1. The second kappa shape index (κ2) is 7.85. The summed E-state index contributed by atoms with van der Waals surface area (Å²) in [6, 6.07) is 12.4. The quantitative estimate of drug-likeness (QED) is 0.817. The number of hydrogen-bond acceptors (Lipinski definition) is 3. The molecule has 2 aromatic carbocycles. The van der Waals surface area contributed by atoms with Crippen molar-refractivity contribution < 1.29 is 13.2 Å². The average Bonchev–Trinajstić information content (AvgIpc) is 3.24. The highest BCUT2D eigenvalue weighted by molar-refractivity contribution is 7.89. The van der Waals surface area contributed by atoms with Gasteiger partial charge in [0.15, 0.2) is 0 Å². The van der Waals surface area contributed by atoms with Gasteiger partial charge in [0.25, 0.3) is 5.91 Å². The second-order valence-corrected chi connectivity index (χ2v) is 9.72. The number of sulfonamides is 1. The summed E-state index contributed by atoms with van der Waals surface area (Å²) < 4.78 is 27.1. The van der Waals surface area contributed by atoms with E-state index in [0.717, 1.165) is 37.7 Å². The van der Waals surface area contributed by atoms with Crippen molar-refractivity contribution in [1.82, 2.24) is 9.62 Å². The number of hydrogen-bond donors (Lipinski definition) is 1. The third-order valence-corrected chi connectivity index (χ3v) is 7.78. The Bertz CT molecular complexity index is 1000. The first-order chi connectivity index (χ1) is 13.5. The van der Waals surface area contributed by atoms with Crippen molar-refractivity contribution in [3.8, 4) is 0 Å². The molecule has 0 unspecified atom stereocenters. The first kappa shape index (κ1) is 19.4. The fourth-order valence-electron chi connectivity index (χ4n) is 4.06. The first-order valence-corrected chi connectivity index (χ1v) is 11.5. The third-order valence-electron chi connectivity index (χ3n) is 5.56. The number of amides is 1. The van der Waals surface area contributed by atoms with E-state index in [1.807, 2.05) is 18.2 Å². The maximum Gasteiger partial charge on any atom is 0.253 e. The minimum atomic E-state index is -3.60. The van der Waals surface area contributed by atoms with Crippen molar-refractivity contribution in [2.45, 2.75) is 43.0 Å². The van der Waals surface area contributed by atoms with Crippen LogP contribution in [0.1, 0.15) is 53.2 Å². The van der Waals surface area contributed by atoms with Crippen LogP contribution in [-0.2, 0) is 16.4 Å². The third kappa shape index (κ3) is 3.69. The Labute approximate surface area is 170 Å². The Morgan fingerprint density at radius 3 is 2.61 bits per heavy atom. The van der Waals surface area contributed by atoms with Crippen molar-refractivity contribution >= 4 is 27.5 Å². The van der Waals surface area contributed by atoms with Crippen molar-refractivity contribution in [1.29, 1.82) is 0 Å². The molecule has 4 rings (SSSR count). The van der Waals surface area contributed by atoms with E-state index in [0.29, 0.717) is 13.1 Å². The van der Waals surface area contributed by atoms with Gasteiger partial charge in [0.05, 0.1) is 21.5 Å². The fraction of sp³-hybridized carbons (Fsp3) is 0.381. The number of rotatable bonds is 4. The molecule has 0 spiro atoms. The Kier molecular flexibility index (Phi) is 5.45. The highest BCUT2D eigenvalue weighted by Crippen LogP contribution is 2.31. The first-order valence-electron chi connectivity index (χ1n) is 9.65. The van der Waals surface area contributed by atoms with Crippen molar-refractivity contribution in [2.75, 3.05) is 13.1 Å². The lowest BCUT2D eigenvalue weighted by molar-refractivity contribution is 0.0932. The van der Waals surface area contributed by atoms with Gasteiger partial charge in [0.2, 0.25) is 10.0 Å². The predicted molar refractivity (Wildman–Crippen MR) is 109 cm³/mol. The summed E-state index contributed by atoms with van der Waals surface area (Å²) >= 11 is 6.25. The lowest BCUT2D eigenvalue weighted by Gasteiger charge is -2.26. The summed E-state index contributed by atoms with van der Waals surface area (Å²) in [6.07, 6.45) is 4.58. The molecule has 148 valence electrons. The lowest BCUT2D eigenvalue weighted by atomic mass is 9.87. The number of fused-ring (bicyclic) bond motifs is 1. The molecule has 2 aliphatic rings. The van der Waals surface area contributed by atoms with Gasteiger partial charge in [-0.15, -0.1) is 0 Å². The minimum absolute atomic E-state index is 0.0904. The van der Waals surface area contributed by atoms with Gasteiger partial charge in [-0.1, -0.05) is 35.9 Å². The van der Waals surface area contributed by atoms with Crippen LogP contribution in [0.15, 0.2) is 47.4 Å². The molecule has 1 aliphatic carbocycles. The predicted octanol–water partition coefficient (Wildman–Crippen LogP) is 3.93. The van der Waals surface area contributed by atoms with Crippen LogP contribution in [0.5, 0.6) is 0 Å². The molecule has 2 aromatic rings. The number of nitrogens with zero attached hydrogens (tertiary/aromatic N) is 1. The van der Waals surface area contributed by atoms with Gasteiger partial charge in [-0.25, -0.2) is 8.42 Å². The number of halogens is 1. The summed E-state index contributed by atoms with van der Waals surface area (Å²) in [6.45, 7) is 1.04. The molecule has 1 amide bonds. The summed E-state index contributed by atoms with van der Waals surface area (Å²) in [5.74, 6) is -0.342. The van der Waals surface area contributed by atoms with Crippen molar-refractivity contribution in [3.05, 3.63) is 64.2 Å². The zero-order chi connectivity index (χ0) is 19.7. The molecule has 1 saturated heterocycles. The maximum absolute atomic E-state index is 12.9. The summed E-state index contributed by atoms with van der Waals surface area (Å²) in [4.78, 5) is 13.1. The van der Waals surface area contributed by atoms with E-state index in [2.05, 4.69) is 11.4 Å². The molecule has 0 radical (unpaired) electrons. The highest BCUT2D eigenvalue weighted by Gasteiger charge is 2.29. The van der Waals surface area contributed by atoms with E-state index in [-0.39, 0.29) is 27.4 Å². The van der Waals surface area contributed by atoms with Gasteiger partial charge in [-0.3, -0.25) is 4.79 Å². The Morgan fingerprint density at radius 1 is 1.07 bits per heavy atom. The van der Waals surface area contributed by atoms with Crippen LogP contribution >= 0.6 is 11.6 Å². The monoisotopic (exact) mass is 418 g/mol. The number of nitrogens with one attached hydrogen (secondary N) is 1. The number of carbonyl (C=O) groups is 1. The molecule has 1 fully saturated rings. The van der Waals surface area contributed by atoms with Crippen LogP contribution in [0.4, 0.5) is 0 Å². The van der Waals surface area contributed by atoms with E-state index in [1.165, 1.54) is 28.1 Å². The van der Waals surface area contributed by atoms with Gasteiger partial charge >= 0.3 is 0 Å². The lowest BCUT2D eigenvalue weighted by Crippen LogP contribution is -2.32. The number of benzene rings is 2. The smallest absolute Gasteiger partial charge is 0.253 e. The van der Waals surface area contributed by atoms with E-state index in [1.54, 1.807) is 0 Å². The Hall–Kier alpha value is -1.89. The van der Waals surface area contributed by atoms with Crippen LogP contribution in [0.3, 0.4) is 0 Å². The zero-order valence-electron chi connectivity index (χ0n) is 15.5. The summed E-state index contributed by atoms with van der Waals surface area (Å²) in [7, 11) is -3.60. The van der Waals surface area contributed by atoms with Crippen molar-refractivity contribution in [3.63, 3.8) is 0 Å². The molecule has 0 bridgehead atoms. The van der Waals surface area contributed by atoms with Gasteiger partial charge in [-0.2, -0.15) is 4.31 Å². The van der Waals surface area contributed by atoms with E-state index in [4.69, 9.17) is 11.6 Å². The molecule has 0 aromatic heterocycles. The molecule has 1 heterocycles. The highest BCUT2D eigenvalue weighted by atomic mass is 35.5. The number of aryl methyl sites for hydroxylation is 1. The summed E-state index contributed by atoms with van der Waals surface area (Å²) in [5, 5.41) is 3.30. The minimum Gasteiger partial charge on any atom is -0.345 e. The fourth-order valence-corrected chi connectivity index (χ4v) is 5.80. The van der Waals surface area contributed by atoms with E-state index >= 15 is 0 Å². The van der Waals surface area contributed by atoms with Crippen LogP contribution in [0, 0.1) is 0 Å². The SMILES string of the molecule is O=C(N[C@H]1CCCc2ccccc21)c1cc(S(=O)(=O)N2CCCC2)ccc1Cl.